The molecule has 104 valence electrons. The van der Waals surface area contributed by atoms with E-state index in [2.05, 4.69) is 15.9 Å². The Labute approximate surface area is 122 Å². The Morgan fingerprint density at radius 3 is 2.74 bits per heavy atom. The van der Waals surface area contributed by atoms with Crippen molar-refractivity contribution < 1.29 is 14.6 Å². The van der Waals surface area contributed by atoms with Gasteiger partial charge in [-0.15, -0.1) is 0 Å². The van der Waals surface area contributed by atoms with Crippen LogP contribution in [0.25, 0.3) is 0 Å². The zero-order valence-corrected chi connectivity index (χ0v) is 12.9. The third-order valence-electron chi connectivity index (χ3n) is 3.48. The van der Waals surface area contributed by atoms with Crippen LogP contribution in [-0.4, -0.2) is 17.7 Å². The van der Waals surface area contributed by atoms with E-state index in [1.54, 1.807) is 0 Å². The van der Waals surface area contributed by atoms with Crippen molar-refractivity contribution in [3.8, 4) is 5.75 Å². The number of carboxylic acid groups (broad SMARTS) is 1. The van der Waals surface area contributed by atoms with Gasteiger partial charge in [0.25, 0.3) is 0 Å². The molecule has 0 aliphatic heterocycles. The molecule has 3 nitrogen and oxygen atoms in total. The molecule has 1 aromatic rings. The van der Waals surface area contributed by atoms with Gasteiger partial charge in [0.05, 0.1) is 17.5 Å². The lowest BCUT2D eigenvalue weighted by Gasteiger charge is -2.24. The van der Waals surface area contributed by atoms with Gasteiger partial charge in [-0.3, -0.25) is 4.79 Å². The lowest BCUT2D eigenvalue weighted by atomic mass is 9.81. The number of carboxylic acids is 1. The molecular formula is C15H19BrO3. The van der Waals surface area contributed by atoms with Crippen LogP contribution in [0.15, 0.2) is 22.7 Å². The number of carbonyl (C=O) groups is 1. The van der Waals surface area contributed by atoms with E-state index in [-0.39, 0.29) is 6.42 Å². The number of rotatable bonds is 6. The molecule has 0 heterocycles. The number of benzene rings is 1. The lowest BCUT2D eigenvalue weighted by molar-refractivity contribution is -0.138. The first kappa shape index (κ1) is 14.4. The first-order valence-corrected chi connectivity index (χ1v) is 7.32. The Hall–Kier alpha value is -1.03. The second kappa shape index (κ2) is 5.53. The van der Waals surface area contributed by atoms with Crippen molar-refractivity contribution in [2.75, 3.05) is 6.61 Å². The average molecular weight is 327 g/mol. The van der Waals surface area contributed by atoms with Gasteiger partial charge in [-0.2, -0.15) is 0 Å². The van der Waals surface area contributed by atoms with Crippen LogP contribution >= 0.6 is 15.9 Å². The molecule has 0 bridgehead atoms. The van der Waals surface area contributed by atoms with E-state index in [1.807, 2.05) is 32.0 Å². The zero-order chi connectivity index (χ0) is 14.0. The second-order valence-electron chi connectivity index (χ2n) is 5.85. The molecule has 1 fully saturated rings. The zero-order valence-electron chi connectivity index (χ0n) is 11.3. The third-order valence-corrected chi connectivity index (χ3v) is 4.13. The summed E-state index contributed by atoms with van der Waals surface area (Å²) < 4.78 is 6.73. The van der Waals surface area contributed by atoms with E-state index < -0.39 is 11.4 Å². The van der Waals surface area contributed by atoms with E-state index in [1.165, 1.54) is 12.8 Å². The van der Waals surface area contributed by atoms with Gasteiger partial charge in [-0.1, -0.05) is 19.9 Å². The molecule has 1 N–H and O–H groups in total. The van der Waals surface area contributed by atoms with Gasteiger partial charge >= 0.3 is 5.97 Å². The standard InChI is InChI=1S/C15H19BrO3/c1-15(2,8-14(17)18)11-5-6-12(16)13(7-11)19-9-10-3-4-10/h5-7,10H,3-4,8-9H2,1-2H3,(H,17,18). The fourth-order valence-electron chi connectivity index (χ4n) is 2.01. The van der Waals surface area contributed by atoms with Gasteiger partial charge in [-0.05, 0) is 52.4 Å². The minimum absolute atomic E-state index is 0.108. The minimum Gasteiger partial charge on any atom is -0.492 e. The van der Waals surface area contributed by atoms with Crippen LogP contribution in [0.5, 0.6) is 5.75 Å². The SMILES string of the molecule is CC(C)(CC(=O)O)c1ccc(Br)c(OCC2CC2)c1. The highest BCUT2D eigenvalue weighted by Crippen LogP contribution is 2.35. The summed E-state index contributed by atoms with van der Waals surface area (Å²) in [6.07, 6.45) is 2.61. The molecule has 0 saturated heterocycles. The average Bonchev–Trinajstić information content (AvgIpc) is 3.09. The number of hydrogen-bond donors (Lipinski definition) is 1. The molecule has 1 saturated carbocycles. The normalized spacial score (nSPS) is 15.3. The van der Waals surface area contributed by atoms with Crippen LogP contribution < -0.4 is 4.74 Å². The molecule has 0 amide bonds. The van der Waals surface area contributed by atoms with E-state index in [0.29, 0.717) is 5.92 Å². The van der Waals surface area contributed by atoms with Gasteiger partial charge in [0, 0.05) is 5.41 Å². The number of hydrogen-bond acceptors (Lipinski definition) is 2. The quantitative estimate of drug-likeness (QED) is 0.859. The highest BCUT2D eigenvalue weighted by molar-refractivity contribution is 9.10. The first-order chi connectivity index (χ1) is 8.88. The van der Waals surface area contributed by atoms with Gasteiger partial charge in [0.1, 0.15) is 5.75 Å². The maximum Gasteiger partial charge on any atom is 0.304 e. The van der Waals surface area contributed by atoms with Crippen LogP contribution in [0.2, 0.25) is 0 Å². The minimum atomic E-state index is -0.784. The highest BCUT2D eigenvalue weighted by Gasteiger charge is 2.26. The van der Waals surface area contributed by atoms with Gasteiger partial charge < -0.3 is 9.84 Å². The predicted molar refractivity (Wildman–Crippen MR) is 77.6 cm³/mol. The smallest absolute Gasteiger partial charge is 0.304 e. The maximum atomic E-state index is 10.9. The van der Waals surface area contributed by atoms with E-state index >= 15 is 0 Å². The number of halogens is 1. The first-order valence-electron chi connectivity index (χ1n) is 6.53. The predicted octanol–water partition coefficient (Wildman–Crippen LogP) is 3.99. The number of aliphatic carboxylic acids is 1. The molecule has 0 aromatic heterocycles. The van der Waals surface area contributed by atoms with E-state index in [9.17, 15) is 4.79 Å². The Balaban J connectivity index is 2.16. The van der Waals surface area contributed by atoms with Gasteiger partial charge in [0.15, 0.2) is 0 Å². The van der Waals surface area contributed by atoms with Crippen LogP contribution in [0, 0.1) is 5.92 Å². The fraction of sp³-hybridized carbons (Fsp3) is 0.533. The Morgan fingerprint density at radius 2 is 2.16 bits per heavy atom. The summed E-state index contributed by atoms with van der Waals surface area (Å²) in [5, 5.41) is 8.98. The molecule has 1 aliphatic rings. The van der Waals surface area contributed by atoms with Crippen LogP contribution in [0.4, 0.5) is 0 Å². The van der Waals surface area contributed by atoms with Crippen LogP contribution in [0.3, 0.4) is 0 Å². The third kappa shape index (κ3) is 3.96. The molecule has 0 atom stereocenters. The summed E-state index contributed by atoms with van der Waals surface area (Å²) in [5.74, 6) is 0.721. The molecule has 4 heteroatoms. The largest absolute Gasteiger partial charge is 0.492 e. The molecular weight excluding hydrogens is 308 g/mol. The van der Waals surface area contributed by atoms with Crippen molar-refractivity contribution >= 4 is 21.9 Å². The Morgan fingerprint density at radius 1 is 1.47 bits per heavy atom. The highest BCUT2D eigenvalue weighted by atomic mass is 79.9. The molecule has 19 heavy (non-hydrogen) atoms. The van der Waals surface area contributed by atoms with E-state index in [4.69, 9.17) is 9.84 Å². The van der Waals surface area contributed by atoms with E-state index in [0.717, 1.165) is 22.4 Å². The summed E-state index contributed by atoms with van der Waals surface area (Å²) in [5.41, 5.74) is 0.591. The van der Waals surface area contributed by atoms with Crippen molar-refractivity contribution in [2.45, 2.75) is 38.5 Å². The monoisotopic (exact) mass is 326 g/mol. The summed E-state index contributed by atoms with van der Waals surface area (Å²) in [4.78, 5) is 10.9. The lowest BCUT2D eigenvalue weighted by Crippen LogP contribution is -2.21. The summed E-state index contributed by atoms with van der Waals surface area (Å²) >= 11 is 3.48. The molecule has 1 aromatic carbocycles. The van der Waals surface area contributed by atoms with Gasteiger partial charge in [0.2, 0.25) is 0 Å². The summed E-state index contributed by atoms with van der Waals surface area (Å²) in [6, 6.07) is 5.84. The fourth-order valence-corrected chi connectivity index (χ4v) is 2.37. The molecule has 1 aliphatic carbocycles. The van der Waals surface area contributed by atoms with Crippen molar-refractivity contribution in [1.82, 2.24) is 0 Å². The van der Waals surface area contributed by atoms with Crippen molar-refractivity contribution in [2.24, 2.45) is 5.92 Å². The van der Waals surface area contributed by atoms with Crippen molar-refractivity contribution in [1.29, 1.82) is 0 Å². The summed E-state index contributed by atoms with van der Waals surface area (Å²) in [7, 11) is 0. The Kier molecular flexibility index (Phi) is 4.19. The molecule has 0 radical (unpaired) electrons. The maximum absolute atomic E-state index is 10.9. The van der Waals surface area contributed by atoms with Gasteiger partial charge in [-0.25, -0.2) is 0 Å². The molecule has 0 spiro atoms. The van der Waals surface area contributed by atoms with Crippen LogP contribution in [-0.2, 0) is 10.2 Å². The second-order valence-corrected chi connectivity index (χ2v) is 6.71. The van der Waals surface area contributed by atoms with Crippen molar-refractivity contribution in [3.63, 3.8) is 0 Å². The molecule has 0 unspecified atom stereocenters. The van der Waals surface area contributed by atoms with Crippen molar-refractivity contribution in [3.05, 3.63) is 28.2 Å². The Bertz CT molecular complexity index is 478. The topological polar surface area (TPSA) is 46.5 Å². The molecule has 2 rings (SSSR count). The van der Waals surface area contributed by atoms with Crippen LogP contribution in [0.1, 0.15) is 38.7 Å². The number of ether oxygens (including phenoxy) is 1. The summed E-state index contributed by atoms with van der Waals surface area (Å²) in [6.45, 7) is 4.63.